The van der Waals surface area contributed by atoms with Crippen molar-refractivity contribution in [1.29, 1.82) is 0 Å². The van der Waals surface area contributed by atoms with E-state index in [1.54, 1.807) is 7.11 Å². The van der Waals surface area contributed by atoms with E-state index in [0.717, 1.165) is 28.4 Å². The molecule has 0 amide bonds. The number of methoxy groups -OCH3 is 1. The van der Waals surface area contributed by atoms with Crippen LogP contribution in [0.3, 0.4) is 0 Å². The number of hydrogen-bond acceptors (Lipinski definition) is 4. The van der Waals surface area contributed by atoms with Gasteiger partial charge in [0, 0.05) is 11.9 Å². The van der Waals surface area contributed by atoms with E-state index in [1.165, 1.54) is 18.6 Å². The van der Waals surface area contributed by atoms with Crippen molar-refractivity contribution in [3.8, 4) is 11.4 Å². The lowest BCUT2D eigenvalue weighted by molar-refractivity contribution is 0.414. The number of nitrogens with zero attached hydrogens (tertiary/aromatic N) is 3. The third-order valence-corrected chi connectivity index (χ3v) is 5.36. The van der Waals surface area contributed by atoms with Gasteiger partial charge in [-0.1, -0.05) is 0 Å². The molecule has 1 atom stereocenters. The summed E-state index contributed by atoms with van der Waals surface area (Å²) >= 11 is 1.99. The molecule has 112 valence electrons. The number of aromatic nitrogens is 3. The molecule has 1 saturated heterocycles. The molecule has 0 saturated carbocycles. The fraction of sp³-hybridized carbons (Fsp3) is 0.294. The Labute approximate surface area is 133 Å². The lowest BCUT2D eigenvalue weighted by Crippen LogP contribution is -2.04. The first kappa shape index (κ1) is 13.6. The van der Waals surface area contributed by atoms with Crippen molar-refractivity contribution < 1.29 is 4.74 Å². The Morgan fingerprint density at radius 1 is 1.23 bits per heavy atom. The molecule has 3 aromatic rings. The minimum Gasteiger partial charge on any atom is -0.497 e. The predicted octanol–water partition coefficient (Wildman–Crippen LogP) is 4.00. The molecule has 22 heavy (non-hydrogen) atoms. The van der Waals surface area contributed by atoms with Crippen LogP contribution in [0.15, 0.2) is 42.6 Å². The second kappa shape index (κ2) is 5.65. The molecule has 1 aromatic carbocycles. The van der Waals surface area contributed by atoms with Gasteiger partial charge in [-0.2, -0.15) is 11.8 Å². The second-order valence-corrected chi connectivity index (χ2v) is 6.66. The van der Waals surface area contributed by atoms with Crippen LogP contribution in [-0.4, -0.2) is 27.4 Å². The van der Waals surface area contributed by atoms with E-state index >= 15 is 0 Å². The van der Waals surface area contributed by atoms with Crippen LogP contribution >= 0.6 is 11.8 Å². The van der Waals surface area contributed by atoms with E-state index < -0.39 is 0 Å². The number of benzene rings is 1. The molecular weight excluding hydrogens is 294 g/mol. The zero-order valence-corrected chi connectivity index (χ0v) is 13.2. The molecule has 0 spiro atoms. The smallest absolute Gasteiger partial charge is 0.164 e. The maximum absolute atomic E-state index is 5.26. The highest BCUT2D eigenvalue weighted by atomic mass is 32.2. The van der Waals surface area contributed by atoms with E-state index in [-0.39, 0.29) is 0 Å². The number of hydrogen-bond donors (Lipinski definition) is 0. The number of thioether (sulfide) groups is 1. The molecule has 3 heterocycles. The van der Waals surface area contributed by atoms with Gasteiger partial charge in [-0.15, -0.1) is 0 Å². The van der Waals surface area contributed by atoms with Crippen LogP contribution < -0.4 is 4.74 Å². The topological polar surface area (TPSA) is 39.9 Å². The Morgan fingerprint density at radius 2 is 2.09 bits per heavy atom. The van der Waals surface area contributed by atoms with E-state index in [9.17, 15) is 0 Å². The fourth-order valence-corrected chi connectivity index (χ4v) is 4.17. The molecule has 1 aliphatic rings. The standard InChI is InChI=1S/C17H17N3OS/c1-21-13-8-6-12(7-9-13)20-16-14(4-2-10-18-16)19-17(20)15-5-3-11-22-15/h2,4,6-10,15H,3,5,11H2,1H3. The molecule has 1 aliphatic heterocycles. The summed E-state index contributed by atoms with van der Waals surface area (Å²) < 4.78 is 7.45. The highest BCUT2D eigenvalue weighted by Crippen LogP contribution is 2.41. The van der Waals surface area contributed by atoms with Crippen LogP contribution in [0.5, 0.6) is 5.75 Å². The average molecular weight is 311 g/mol. The summed E-state index contributed by atoms with van der Waals surface area (Å²) in [6, 6.07) is 12.1. The lowest BCUT2D eigenvalue weighted by Gasteiger charge is -2.13. The molecular formula is C17H17N3OS. The summed E-state index contributed by atoms with van der Waals surface area (Å²) in [5, 5.41) is 0.455. The zero-order chi connectivity index (χ0) is 14.9. The SMILES string of the molecule is COc1ccc(-n2c(C3CCCS3)nc3cccnc32)cc1. The number of ether oxygens (including phenoxy) is 1. The fourth-order valence-electron chi connectivity index (χ4n) is 2.91. The minimum atomic E-state index is 0.455. The summed E-state index contributed by atoms with van der Waals surface area (Å²) in [7, 11) is 1.68. The molecule has 0 aliphatic carbocycles. The van der Waals surface area contributed by atoms with Crippen LogP contribution in [-0.2, 0) is 0 Å². The average Bonchev–Trinajstić information content (AvgIpc) is 3.22. The van der Waals surface area contributed by atoms with Gasteiger partial charge in [0.25, 0.3) is 0 Å². The van der Waals surface area contributed by atoms with Crippen molar-refractivity contribution >= 4 is 22.9 Å². The molecule has 0 radical (unpaired) electrons. The Hall–Kier alpha value is -2.01. The number of imidazole rings is 1. The maximum Gasteiger partial charge on any atom is 0.164 e. The van der Waals surface area contributed by atoms with E-state index in [1.807, 2.05) is 42.2 Å². The lowest BCUT2D eigenvalue weighted by atomic mass is 10.2. The summed E-state index contributed by atoms with van der Waals surface area (Å²) in [5.74, 6) is 3.18. The Kier molecular flexibility index (Phi) is 3.50. The third kappa shape index (κ3) is 2.25. The Balaban J connectivity index is 1.90. The second-order valence-electron chi connectivity index (χ2n) is 5.35. The Bertz CT molecular complexity index is 791. The van der Waals surface area contributed by atoms with Gasteiger partial charge in [-0.3, -0.25) is 4.57 Å². The Morgan fingerprint density at radius 3 is 2.82 bits per heavy atom. The zero-order valence-electron chi connectivity index (χ0n) is 12.4. The quantitative estimate of drug-likeness (QED) is 0.733. The van der Waals surface area contributed by atoms with Gasteiger partial charge < -0.3 is 4.74 Å². The summed E-state index contributed by atoms with van der Waals surface area (Å²) in [6.45, 7) is 0. The van der Waals surface area contributed by atoms with Gasteiger partial charge in [0.05, 0.1) is 12.4 Å². The molecule has 0 N–H and O–H groups in total. The van der Waals surface area contributed by atoms with Crippen LogP contribution in [0.25, 0.3) is 16.9 Å². The third-order valence-electron chi connectivity index (χ3n) is 3.99. The molecule has 0 bridgehead atoms. The molecule has 5 heteroatoms. The van der Waals surface area contributed by atoms with Gasteiger partial charge >= 0.3 is 0 Å². The normalized spacial score (nSPS) is 18.0. The molecule has 1 unspecified atom stereocenters. The maximum atomic E-state index is 5.26. The van der Waals surface area contributed by atoms with Gasteiger partial charge in [0.1, 0.15) is 17.1 Å². The van der Waals surface area contributed by atoms with E-state index in [0.29, 0.717) is 5.25 Å². The molecule has 1 fully saturated rings. The van der Waals surface area contributed by atoms with Crippen molar-refractivity contribution in [2.75, 3.05) is 12.9 Å². The summed E-state index contributed by atoms with van der Waals surface area (Å²) in [6.07, 6.45) is 4.27. The van der Waals surface area contributed by atoms with Crippen molar-refractivity contribution in [1.82, 2.24) is 14.5 Å². The summed E-state index contributed by atoms with van der Waals surface area (Å²) in [4.78, 5) is 9.41. The van der Waals surface area contributed by atoms with Crippen molar-refractivity contribution in [2.45, 2.75) is 18.1 Å². The van der Waals surface area contributed by atoms with Gasteiger partial charge in [0.2, 0.25) is 0 Å². The monoisotopic (exact) mass is 311 g/mol. The first-order valence-electron chi connectivity index (χ1n) is 7.46. The van der Waals surface area contributed by atoms with E-state index in [4.69, 9.17) is 9.72 Å². The van der Waals surface area contributed by atoms with E-state index in [2.05, 4.69) is 21.7 Å². The van der Waals surface area contributed by atoms with Crippen LogP contribution in [0.2, 0.25) is 0 Å². The van der Waals surface area contributed by atoms with Crippen molar-refractivity contribution in [2.24, 2.45) is 0 Å². The number of pyridine rings is 1. The van der Waals surface area contributed by atoms with Gasteiger partial charge in [0.15, 0.2) is 5.65 Å². The molecule has 4 rings (SSSR count). The van der Waals surface area contributed by atoms with Crippen LogP contribution in [0.4, 0.5) is 0 Å². The minimum absolute atomic E-state index is 0.455. The largest absolute Gasteiger partial charge is 0.497 e. The first-order chi connectivity index (χ1) is 10.9. The summed E-state index contributed by atoms with van der Waals surface area (Å²) in [5.41, 5.74) is 2.97. The number of fused-ring (bicyclic) bond motifs is 1. The van der Waals surface area contributed by atoms with Gasteiger partial charge in [-0.05, 0) is 55.0 Å². The van der Waals surface area contributed by atoms with Crippen LogP contribution in [0, 0.1) is 0 Å². The van der Waals surface area contributed by atoms with Crippen molar-refractivity contribution in [3.63, 3.8) is 0 Å². The number of rotatable bonds is 3. The first-order valence-corrected chi connectivity index (χ1v) is 8.51. The highest BCUT2D eigenvalue weighted by Gasteiger charge is 2.25. The molecule has 4 nitrogen and oxygen atoms in total. The van der Waals surface area contributed by atoms with Crippen molar-refractivity contribution in [3.05, 3.63) is 48.4 Å². The molecule has 2 aromatic heterocycles. The van der Waals surface area contributed by atoms with Crippen LogP contribution in [0.1, 0.15) is 23.9 Å². The van der Waals surface area contributed by atoms with Gasteiger partial charge in [-0.25, -0.2) is 9.97 Å². The highest BCUT2D eigenvalue weighted by molar-refractivity contribution is 7.99. The predicted molar refractivity (Wildman–Crippen MR) is 89.9 cm³/mol.